The molecule has 5 heteroatoms. The number of carboxylic acid groups (broad SMARTS) is 1. The number of nitrogens with zero attached hydrogens (tertiary/aromatic N) is 3. The van der Waals surface area contributed by atoms with Gasteiger partial charge in [-0.25, -0.2) is 4.79 Å². The van der Waals surface area contributed by atoms with Gasteiger partial charge in [0.1, 0.15) is 0 Å². The van der Waals surface area contributed by atoms with Crippen LogP contribution >= 0.6 is 0 Å². The van der Waals surface area contributed by atoms with Crippen molar-refractivity contribution in [1.29, 1.82) is 0 Å². The molecule has 0 saturated carbocycles. The van der Waals surface area contributed by atoms with E-state index in [1.54, 1.807) is 17.8 Å². The minimum absolute atomic E-state index is 0.0647. The fourth-order valence-electron chi connectivity index (χ4n) is 2.65. The molecule has 0 spiro atoms. The first-order chi connectivity index (χ1) is 9.50. The number of fused-ring (bicyclic) bond motifs is 1. The summed E-state index contributed by atoms with van der Waals surface area (Å²) in [6, 6.07) is 9.71. The van der Waals surface area contributed by atoms with Crippen LogP contribution in [0.5, 0.6) is 0 Å². The highest BCUT2D eigenvalue weighted by molar-refractivity contribution is 5.98. The summed E-state index contributed by atoms with van der Waals surface area (Å²) in [4.78, 5) is 11.1. The Balaban J connectivity index is 2.35. The second-order valence-corrected chi connectivity index (χ2v) is 4.88. The predicted molar refractivity (Wildman–Crippen MR) is 76.8 cm³/mol. The third kappa shape index (κ3) is 1.63. The van der Waals surface area contributed by atoms with Crippen molar-refractivity contribution in [2.75, 3.05) is 0 Å². The molecule has 0 amide bonds. The first-order valence-corrected chi connectivity index (χ1v) is 6.32. The summed E-state index contributed by atoms with van der Waals surface area (Å²) in [7, 11) is 3.78. The van der Waals surface area contributed by atoms with Crippen molar-refractivity contribution in [2.24, 2.45) is 14.1 Å². The molecule has 1 aromatic carbocycles. The largest absolute Gasteiger partial charge is 0.476 e. The summed E-state index contributed by atoms with van der Waals surface area (Å²) in [6.45, 7) is 2.03. The molecule has 2 aromatic heterocycles. The summed E-state index contributed by atoms with van der Waals surface area (Å²) in [6.07, 6.45) is 0. The van der Waals surface area contributed by atoms with Gasteiger partial charge >= 0.3 is 5.97 Å². The fourth-order valence-corrected chi connectivity index (χ4v) is 2.65. The molecule has 3 aromatic rings. The molecule has 0 aliphatic rings. The fraction of sp³-hybridized carbons (Fsp3) is 0.200. The Morgan fingerprint density at radius 2 is 1.95 bits per heavy atom. The number of benzene rings is 1. The van der Waals surface area contributed by atoms with Gasteiger partial charge in [-0.05, 0) is 19.1 Å². The van der Waals surface area contributed by atoms with E-state index < -0.39 is 5.97 Å². The average Bonchev–Trinajstić information content (AvgIpc) is 2.91. The number of carboxylic acids is 1. The van der Waals surface area contributed by atoms with Gasteiger partial charge in [-0.3, -0.25) is 4.68 Å². The number of aromatic nitrogens is 3. The van der Waals surface area contributed by atoms with Crippen molar-refractivity contribution in [1.82, 2.24) is 14.3 Å². The van der Waals surface area contributed by atoms with E-state index in [0.717, 1.165) is 27.9 Å². The molecule has 5 nitrogen and oxygen atoms in total. The molecule has 2 heterocycles. The molecule has 102 valence electrons. The summed E-state index contributed by atoms with van der Waals surface area (Å²) in [5.74, 6) is -1.01. The maximum absolute atomic E-state index is 11.1. The van der Waals surface area contributed by atoms with Gasteiger partial charge in [-0.15, -0.1) is 0 Å². The zero-order chi connectivity index (χ0) is 14.4. The van der Waals surface area contributed by atoms with Crippen molar-refractivity contribution in [2.45, 2.75) is 6.92 Å². The van der Waals surface area contributed by atoms with Crippen molar-refractivity contribution in [3.63, 3.8) is 0 Å². The van der Waals surface area contributed by atoms with Crippen LogP contribution in [0.25, 0.3) is 22.2 Å². The van der Waals surface area contributed by atoms with Crippen molar-refractivity contribution in [3.05, 3.63) is 41.7 Å². The third-order valence-corrected chi connectivity index (χ3v) is 3.75. The van der Waals surface area contributed by atoms with E-state index in [9.17, 15) is 4.79 Å². The van der Waals surface area contributed by atoms with Crippen LogP contribution in [-0.4, -0.2) is 25.4 Å². The van der Waals surface area contributed by atoms with Crippen molar-refractivity contribution in [3.8, 4) is 11.3 Å². The van der Waals surface area contributed by atoms with Crippen molar-refractivity contribution >= 4 is 16.9 Å². The van der Waals surface area contributed by atoms with E-state index in [4.69, 9.17) is 5.11 Å². The van der Waals surface area contributed by atoms with Crippen molar-refractivity contribution < 1.29 is 9.90 Å². The topological polar surface area (TPSA) is 60.0 Å². The molecule has 0 aliphatic heterocycles. The second kappa shape index (κ2) is 4.23. The minimum Gasteiger partial charge on any atom is -0.476 e. The summed E-state index contributed by atoms with van der Waals surface area (Å²) in [5, 5.41) is 14.2. The Hall–Kier alpha value is -2.56. The number of rotatable bonds is 2. The number of hydrogen-bond acceptors (Lipinski definition) is 2. The number of hydrogen-bond donors (Lipinski definition) is 1. The molecule has 0 saturated heterocycles. The van der Waals surface area contributed by atoms with Crippen LogP contribution in [0.3, 0.4) is 0 Å². The number of carbonyl (C=O) groups is 1. The van der Waals surface area contributed by atoms with Crippen LogP contribution in [0.2, 0.25) is 0 Å². The van der Waals surface area contributed by atoms with E-state index in [2.05, 4.69) is 15.7 Å². The van der Waals surface area contributed by atoms with E-state index >= 15 is 0 Å². The Bertz CT molecular complexity index is 827. The Labute approximate surface area is 116 Å². The van der Waals surface area contributed by atoms with Crippen LogP contribution in [-0.2, 0) is 14.1 Å². The molecular weight excluding hydrogens is 254 g/mol. The number of aryl methyl sites for hydroxylation is 2. The second-order valence-electron chi connectivity index (χ2n) is 4.88. The van der Waals surface area contributed by atoms with E-state index in [1.807, 2.05) is 32.2 Å². The molecule has 0 fully saturated rings. The first-order valence-electron chi connectivity index (χ1n) is 6.32. The lowest BCUT2D eigenvalue weighted by Gasteiger charge is -2.02. The van der Waals surface area contributed by atoms with Crippen LogP contribution in [0.15, 0.2) is 30.3 Å². The van der Waals surface area contributed by atoms with Crippen LogP contribution in [0.4, 0.5) is 0 Å². The first kappa shape index (κ1) is 12.5. The zero-order valence-electron chi connectivity index (χ0n) is 11.6. The Kier molecular flexibility index (Phi) is 2.64. The smallest absolute Gasteiger partial charge is 0.356 e. The highest BCUT2D eigenvalue weighted by atomic mass is 16.4. The lowest BCUT2D eigenvalue weighted by molar-refractivity contribution is 0.0689. The van der Waals surface area contributed by atoms with Gasteiger partial charge in [0.05, 0.1) is 5.69 Å². The average molecular weight is 269 g/mol. The van der Waals surface area contributed by atoms with Gasteiger partial charge < -0.3 is 9.67 Å². The Morgan fingerprint density at radius 1 is 1.25 bits per heavy atom. The highest BCUT2D eigenvalue weighted by Crippen LogP contribution is 2.33. The lowest BCUT2D eigenvalue weighted by atomic mass is 10.1. The molecule has 0 bridgehead atoms. The minimum atomic E-state index is -1.01. The zero-order valence-corrected chi connectivity index (χ0v) is 11.6. The van der Waals surface area contributed by atoms with E-state index in [0.29, 0.717) is 0 Å². The molecule has 0 radical (unpaired) electrons. The normalized spacial score (nSPS) is 11.2. The maximum atomic E-state index is 11.1. The number of para-hydroxylation sites is 1. The molecule has 0 unspecified atom stereocenters. The van der Waals surface area contributed by atoms with Gasteiger partial charge in [-0.1, -0.05) is 18.2 Å². The molecule has 0 atom stereocenters. The van der Waals surface area contributed by atoms with E-state index in [-0.39, 0.29) is 5.69 Å². The van der Waals surface area contributed by atoms with Crippen LogP contribution < -0.4 is 0 Å². The van der Waals surface area contributed by atoms with Gasteiger partial charge in [0.15, 0.2) is 5.69 Å². The SMILES string of the molecule is Cc1c(-c2cc(C(=O)O)nn2C)c2ccccc2n1C. The third-order valence-electron chi connectivity index (χ3n) is 3.75. The molecule has 0 aliphatic carbocycles. The maximum Gasteiger partial charge on any atom is 0.356 e. The molecule has 20 heavy (non-hydrogen) atoms. The van der Waals surface area contributed by atoms with Crippen LogP contribution in [0, 0.1) is 6.92 Å². The highest BCUT2D eigenvalue weighted by Gasteiger charge is 2.19. The standard InChI is InChI=1S/C15H15N3O2/c1-9-14(10-6-4-5-7-12(10)17(9)2)13-8-11(15(19)20)16-18(13)3/h4-8H,1-3H3,(H,19,20). The Morgan fingerprint density at radius 3 is 2.60 bits per heavy atom. The summed E-state index contributed by atoms with van der Waals surface area (Å²) < 4.78 is 3.73. The molecular formula is C15H15N3O2. The number of aromatic carboxylic acids is 1. The monoisotopic (exact) mass is 269 g/mol. The molecule has 3 rings (SSSR count). The van der Waals surface area contributed by atoms with Gasteiger partial charge in [-0.2, -0.15) is 5.10 Å². The molecule has 1 N–H and O–H groups in total. The van der Waals surface area contributed by atoms with Gasteiger partial charge in [0.2, 0.25) is 0 Å². The predicted octanol–water partition coefficient (Wildman–Crippen LogP) is 2.59. The van der Waals surface area contributed by atoms with Crippen LogP contribution in [0.1, 0.15) is 16.2 Å². The van der Waals surface area contributed by atoms with Gasteiger partial charge in [0.25, 0.3) is 0 Å². The van der Waals surface area contributed by atoms with E-state index in [1.165, 1.54) is 0 Å². The summed E-state index contributed by atoms with van der Waals surface area (Å²) >= 11 is 0. The van der Waals surface area contributed by atoms with Gasteiger partial charge in [0, 0.05) is 36.3 Å². The summed E-state index contributed by atoms with van der Waals surface area (Å²) in [5.41, 5.74) is 4.13. The quantitative estimate of drug-likeness (QED) is 0.778. The lowest BCUT2D eigenvalue weighted by Crippen LogP contribution is -1.99.